The van der Waals surface area contributed by atoms with Gasteiger partial charge in [-0.15, -0.1) is 0 Å². The smallest absolute Gasteiger partial charge is 0.252 e. The molecular formula is C17H25F2N3O3. The van der Waals surface area contributed by atoms with Gasteiger partial charge in [0.25, 0.3) is 5.92 Å². The predicted octanol–water partition coefficient (Wildman–Crippen LogP) is 0.468. The third-order valence-electron chi connectivity index (χ3n) is 6.05. The molecule has 2 heterocycles. The van der Waals surface area contributed by atoms with E-state index in [1.54, 1.807) is 0 Å². The Morgan fingerprint density at radius 1 is 1.20 bits per heavy atom. The topological polar surface area (TPSA) is 61.9 Å². The maximum Gasteiger partial charge on any atom is 0.252 e. The molecule has 4 rings (SSSR count). The molecule has 0 aromatic carbocycles. The minimum absolute atomic E-state index is 0.179. The van der Waals surface area contributed by atoms with Gasteiger partial charge in [0, 0.05) is 31.3 Å². The average Bonchev–Trinajstić information content (AvgIpc) is 3.18. The van der Waals surface area contributed by atoms with E-state index in [0.29, 0.717) is 25.6 Å². The van der Waals surface area contributed by atoms with E-state index in [0.717, 1.165) is 6.42 Å². The van der Waals surface area contributed by atoms with E-state index in [1.165, 1.54) is 0 Å². The van der Waals surface area contributed by atoms with Crippen molar-refractivity contribution in [3.63, 3.8) is 0 Å². The van der Waals surface area contributed by atoms with Crippen molar-refractivity contribution in [2.45, 2.75) is 49.8 Å². The summed E-state index contributed by atoms with van der Waals surface area (Å²) < 4.78 is 31.7. The standard InChI is InChI=1S/C17H25F2N3O3/c1-10-3-12(10)15(24)22-8-16(9-22)7-21(2)13(6-25-16)14(23)20-11-4-17(18,19)5-11/h10-13H,3-9H2,1-2H3,(H,20,23)/t10-,12+,13+/m1/s1. The summed E-state index contributed by atoms with van der Waals surface area (Å²) in [5.41, 5.74) is -0.386. The lowest BCUT2D eigenvalue weighted by Crippen LogP contribution is -2.73. The lowest BCUT2D eigenvalue weighted by molar-refractivity contribution is -0.202. The molecule has 0 bridgehead atoms. The Morgan fingerprint density at radius 3 is 2.36 bits per heavy atom. The number of hydrogen-bond donors (Lipinski definition) is 1. The van der Waals surface area contributed by atoms with Crippen molar-refractivity contribution in [3.05, 3.63) is 0 Å². The summed E-state index contributed by atoms with van der Waals surface area (Å²) in [6, 6.07) is -0.905. The number of rotatable bonds is 3. The highest BCUT2D eigenvalue weighted by Crippen LogP contribution is 2.42. The average molecular weight is 357 g/mol. The van der Waals surface area contributed by atoms with Crippen molar-refractivity contribution in [2.75, 3.05) is 33.3 Å². The van der Waals surface area contributed by atoms with Crippen molar-refractivity contribution in [3.8, 4) is 0 Å². The molecule has 0 unspecified atom stereocenters. The zero-order valence-electron chi connectivity index (χ0n) is 14.6. The summed E-state index contributed by atoms with van der Waals surface area (Å²) in [4.78, 5) is 28.3. The van der Waals surface area contributed by atoms with Crippen LogP contribution < -0.4 is 5.32 Å². The zero-order chi connectivity index (χ0) is 18.0. The zero-order valence-corrected chi connectivity index (χ0v) is 14.6. The maximum atomic E-state index is 12.9. The van der Waals surface area contributed by atoms with E-state index in [9.17, 15) is 18.4 Å². The van der Waals surface area contributed by atoms with Gasteiger partial charge in [-0.25, -0.2) is 8.78 Å². The SMILES string of the molecule is C[C@@H]1C[C@@H]1C(=O)N1CC2(C1)CN(C)[C@H](C(=O)NC1CC(F)(F)C1)CO2. The van der Waals surface area contributed by atoms with Crippen LogP contribution in [-0.2, 0) is 14.3 Å². The Hall–Kier alpha value is -1.28. The van der Waals surface area contributed by atoms with E-state index in [4.69, 9.17) is 4.74 Å². The number of morpholine rings is 1. The number of carbonyl (C=O) groups is 2. The van der Waals surface area contributed by atoms with Gasteiger partial charge in [0.1, 0.15) is 11.6 Å². The molecule has 0 aromatic rings. The van der Waals surface area contributed by atoms with Crippen LogP contribution in [0.1, 0.15) is 26.2 Å². The fourth-order valence-electron chi connectivity index (χ4n) is 4.23. The van der Waals surface area contributed by atoms with Crippen LogP contribution in [0.4, 0.5) is 8.78 Å². The summed E-state index contributed by atoms with van der Waals surface area (Å²) in [5, 5.41) is 2.69. The minimum atomic E-state index is -2.64. The van der Waals surface area contributed by atoms with Crippen molar-refractivity contribution in [1.29, 1.82) is 0 Å². The molecule has 25 heavy (non-hydrogen) atoms. The van der Waals surface area contributed by atoms with E-state index in [-0.39, 0.29) is 42.8 Å². The Bertz CT molecular complexity index is 586. The Morgan fingerprint density at radius 2 is 1.84 bits per heavy atom. The van der Waals surface area contributed by atoms with Crippen LogP contribution in [-0.4, -0.2) is 78.5 Å². The summed E-state index contributed by atoms with van der Waals surface area (Å²) in [5.74, 6) is -2.01. The number of likely N-dealkylation sites (N-methyl/N-ethyl adjacent to an activating group) is 1. The van der Waals surface area contributed by atoms with Gasteiger partial charge in [-0.2, -0.15) is 0 Å². The molecular weight excluding hydrogens is 332 g/mol. The number of alkyl halides is 2. The van der Waals surface area contributed by atoms with Crippen molar-refractivity contribution in [1.82, 2.24) is 15.1 Å². The van der Waals surface area contributed by atoms with Gasteiger partial charge in [0.2, 0.25) is 11.8 Å². The molecule has 140 valence electrons. The molecule has 4 aliphatic rings. The number of hydrogen-bond acceptors (Lipinski definition) is 4. The monoisotopic (exact) mass is 357 g/mol. The van der Waals surface area contributed by atoms with Gasteiger partial charge < -0.3 is 15.0 Å². The van der Waals surface area contributed by atoms with Crippen molar-refractivity contribution in [2.24, 2.45) is 11.8 Å². The number of amides is 2. The molecule has 6 nitrogen and oxygen atoms in total. The first kappa shape index (κ1) is 17.1. The predicted molar refractivity (Wildman–Crippen MR) is 85.1 cm³/mol. The fraction of sp³-hybridized carbons (Fsp3) is 0.882. The first-order valence-corrected chi connectivity index (χ1v) is 8.99. The van der Waals surface area contributed by atoms with Crippen LogP contribution in [0, 0.1) is 11.8 Å². The Labute approximate surface area is 145 Å². The lowest BCUT2D eigenvalue weighted by Gasteiger charge is -2.55. The van der Waals surface area contributed by atoms with Gasteiger partial charge in [0.15, 0.2) is 0 Å². The van der Waals surface area contributed by atoms with Gasteiger partial charge in [0.05, 0.1) is 19.7 Å². The molecule has 4 fully saturated rings. The van der Waals surface area contributed by atoms with E-state index in [2.05, 4.69) is 12.2 Å². The van der Waals surface area contributed by atoms with Crippen LogP contribution in [0.2, 0.25) is 0 Å². The van der Waals surface area contributed by atoms with E-state index >= 15 is 0 Å². The number of nitrogens with one attached hydrogen (secondary N) is 1. The lowest BCUT2D eigenvalue weighted by atomic mass is 9.87. The summed E-state index contributed by atoms with van der Waals surface area (Å²) in [7, 11) is 1.84. The van der Waals surface area contributed by atoms with Gasteiger partial charge in [-0.1, -0.05) is 6.92 Å². The first-order valence-electron chi connectivity index (χ1n) is 8.99. The van der Waals surface area contributed by atoms with Gasteiger partial charge in [-0.05, 0) is 19.4 Å². The number of likely N-dealkylation sites (tertiary alicyclic amines) is 1. The van der Waals surface area contributed by atoms with Crippen LogP contribution >= 0.6 is 0 Å². The second kappa shape index (κ2) is 5.61. The van der Waals surface area contributed by atoms with E-state index in [1.807, 2.05) is 16.8 Å². The summed E-state index contributed by atoms with van der Waals surface area (Å²) in [6.07, 6.45) is 0.415. The molecule has 2 saturated heterocycles. The normalized spacial score (nSPS) is 36.5. The van der Waals surface area contributed by atoms with Crippen LogP contribution in [0.25, 0.3) is 0 Å². The molecule has 2 aliphatic carbocycles. The molecule has 8 heteroatoms. The quantitative estimate of drug-likeness (QED) is 0.798. The van der Waals surface area contributed by atoms with E-state index < -0.39 is 18.0 Å². The first-order chi connectivity index (χ1) is 11.7. The highest BCUT2D eigenvalue weighted by Gasteiger charge is 2.54. The Kier molecular flexibility index (Phi) is 3.85. The van der Waals surface area contributed by atoms with Crippen molar-refractivity contribution < 1.29 is 23.1 Å². The second-order valence-electron chi connectivity index (χ2n) is 8.41. The number of ether oxygens (including phenoxy) is 1. The molecule has 3 atom stereocenters. The van der Waals surface area contributed by atoms with Crippen LogP contribution in [0.5, 0.6) is 0 Å². The molecule has 1 N–H and O–H groups in total. The molecule has 2 aliphatic heterocycles. The number of carbonyl (C=O) groups excluding carboxylic acids is 2. The van der Waals surface area contributed by atoms with Crippen LogP contribution in [0.15, 0.2) is 0 Å². The third kappa shape index (κ3) is 3.14. The largest absolute Gasteiger partial charge is 0.368 e. The minimum Gasteiger partial charge on any atom is -0.368 e. The third-order valence-corrected chi connectivity index (χ3v) is 6.05. The number of nitrogens with zero attached hydrogens (tertiary/aromatic N) is 2. The number of halogens is 2. The second-order valence-corrected chi connectivity index (χ2v) is 8.41. The fourth-order valence-corrected chi connectivity index (χ4v) is 4.23. The Balaban J connectivity index is 1.25. The molecule has 2 saturated carbocycles. The van der Waals surface area contributed by atoms with Crippen molar-refractivity contribution >= 4 is 11.8 Å². The molecule has 0 radical (unpaired) electrons. The maximum absolute atomic E-state index is 12.9. The molecule has 1 spiro atoms. The molecule has 0 aromatic heterocycles. The highest BCUT2D eigenvalue weighted by molar-refractivity contribution is 5.83. The molecule has 2 amide bonds. The highest BCUT2D eigenvalue weighted by atomic mass is 19.3. The van der Waals surface area contributed by atoms with Gasteiger partial charge in [-0.3, -0.25) is 14.5 Å². The van der Waals surface area contributed by atoms with Gasteiger partial charge >= 0.3 is 0 Å². The van der Waals surface area contributed by atoms with Crippen LogP contribution in [0.3, 0.4) is 0 Å². The summed E-state index contributed by atoms with van der Waals surface area (Å²) >= 11 is 0. The summed E-state index contributed by atoms with van der Waals surface area (Å²) in [6.45, 7) is 4.03.